The maximum Gasteiger partial charge on any atom is 0.0124 e. The first-order chi connectivity index (χ1) is 7.02. The number of hydrogen-bond donors (Lipinski definition) is 1. The van der Waals surface area contributed by atoms with Crippen molar-refractivity contribution >= 4 is 0 Å². The first-order valence-corrected chi connectivity index (χ1v) is 6.75. The van der Waals surface area contributed by atoms with Gasteiger partial charge in [0.25, 0.3) is 0 Å². The van der Waals surface area contributed by atoms with Crippen LogP contribution in [0.2, 0.25) is 0 Å². The summed E-state index contributed by atoms with van der Waals surface area (Å²) in [6.07, 6.45) is 10.4. The van der Waals surface area contributed by atoms with Gasteiger partial charge in [0.05, 0.1) is 0 Å². The van der Waals surface area contributed by atoms with Crippen LogP contribution in [-0.4, -0.2) is 12.6 Å². The van der Waals surface area contributed by atoms with Gasteiger partial charge in [0.15, 0.2) is 0 Å². The summed E-state index contributed by atoms with van der Waals surface area (Å²) in [5, 5.41) is 3.82. The van der Waals surface area contributed by atoms with Gasteiger partial charge in [-0.15, -0.1) is 0 Å². The molecule has 2 saturated carbocycles. The molecule has 0 heterocycles. The van der Waals surface area contributed by atoms with Crippen molar-refractivity contribution in [2.24, 2.45) is 10.8 Å². The van der Waals surface area contributed by atoms with E-state index in [1.54, 1.807) is 0 Å². The first kappa shape index (κ1) is 11.4. The largest absolute Gasteiger partial charge is 0.313 e. The summed E-state index contributed by atoms with van der Waals surface area (Å²) >= 11 is 0. The zero-order valence-electron chi connectivity index (χ0n) is 10.7. The summed E-state index contributed by atoms with van der Waals surface area (Å²) in [6, 6.07) is 0.844. The molecule has 1 spiro atoms. The molecule has 1 atom stereocenters. The molecule has 88 valence electrons. The van der Waals surface area contributed by atoms with Gasteiger partial charge in [0.2, 0.25) is 0 Å². The zero-order chi connectivity index (χ0) is 10.9. The van der Waals surface area contributed by atoms with E-state index < -0.39 is 0 Å². The van der Waals surface area contributed by atoms with Gasteiger partial charge in [-0.3, -0.25) is 0 Å². The van der Waals surface area contributed by atoms with Crippen LogP contribution in [0.15, 0.2) is 0 Å². The van der Waals surface area contributed by atoms with Gasteiger partial charge < -0.3 is 5.32 Å². The lowest BCUT2D eigenvalue weighted by Crippen LogP contribution is -2.55. The molecule has 15 heavy (non-hydrogen) atoms. The fourth-order valence-corrected chi connectivity index (χ4v) is 3.30. The van der Waals surface area contributed by atoms with Crippen LogP contribution in [0.1, 0.15) is 65.7 Å². The smallest absolute Gasteiger partial charge is 0.0124 e. The van der Waals surface area contributed by atoms with E-state index in [9.17, 15) is 0 Å². The molecule has 1 unspecified atom stereocenters. The van der Waals surface area contributed by atoms with Crippen molar-refractivity contribution in [2.45, 2.75) is 71.8 Å². The minimum absolute atomic E-state index is 0.436. The van der Waals surface area contributed by atoms with Crippen LogP contribution in [0.3, 0.4) is 0 Å². The topological polar surface area (TPSA) is 12.0 Å². The molecular formula is C14H27N. The van der Waals surface area contributed by atoms with Gasteiger partial charge in [0, 0.05) is 12.6 Å². The second kappa shape index (κ2) is 4.08. The summed E-state index contributed by atoms with van der Waals surface area (Å²) in [5.41, 5.74) is 1.16. The standard InChI is InChI=1S/C14H27N/c1-13(2,3)11-15-12-7-10-14(12)8-5-4-6-9-14/h12,15H,4-11H2,1-3H3. The minimum atomic E-state index is 0.436. The fraction of sp³-hybridized carbons (Fsp3) is 1.00. The zero-order valence-corrected chi connectivity index (χ0v) is 10.7. The monoisotopic (exact) mass is 209 g/mol. The SMILES string of the molecule is CC(C)(C)CNC1CCC12CCCCC2. The van der Waals surface area contributed by atoms with E-state index in [2.05, 4.69) is 26.1 Å². The van der Waals surface area contributed by atoms with E-state index in [-0.39, 0.29) is 0 Å². The van der Waals surface area contributed by atoms with Gasteiger partial charge in [0.1, 0.15) is 0 Å². The molecule has 0 aromatic carbocycles. The molecular weight excluding hydrogens is 182 g/mol. The molecule has 0 aromatic heterocycles. The first-order valence-electron chi connectivity index (χ1n) is 6.75. The van der Waals surface area contributed by atoms with Crippen molar-refractivity contribution in [3.63, 3.8) is 0 Å². The summed E-state index contributed by atoms with van der Waals surface area (Å²) < 4.78 is 0. The predicted octanol–water partition coefficient (Wildman–Crippen LogP) is 3.74. The number of nitrogens with one attached hydrogen (secondary N) is 1. The van der Waals surface area contributed by atoms with Crippen molar-refractivity contribution in [1.82, 2.24) is 5.32 Å². The van der Waals surface area contributed by atoms with E-state index in [4.69, 9.17) is 0 Å². The summed E-state index contributed by atoms with van der Waals surface area (Å²) in [4.78, 5) is 0. The minimum Gasteiger partial charge on any atom is -0.313 e. The highest BCUT2D eigenvalue weighted by atomic mass is 15.0. The third kappa shape index (κ3) is 2.55. The Morgan fingerprint density at radius 3 is 2.20 bits per heavy atom. The van der Waals surface area contributed by atoms with E-state index in [1.807, 2.05) is 0 Å². The van der Waals surface area contributed by atoms with Gasteiger partial charge in [-0.05, 0) is 36.5 Å². The summed E-state index contributed by atoms with van der Waals surface area (Å²) in [7, 11) is 0. The van der Waals surface area contributed by atoms with Crippen molar-refractivity contribution in [3.8, 4) is 0 Å². The lowest BCUT2D eigenvalue weighted by molar-refractivity contribution is 0.0187. The molecule has 1 heteroatoms. The highest BCUT2D eigenvalue weighted by Gasteiger charge is 2.46. The molecule has 2 fully saturated rings. The van der Waals surface area contributed by atoms with Gasteiger partial charge in [-0.2, -0.15) is 0 Å². The molecule has 1 nitrogen and oxygen atoms in total. The molecule has 0 bridgehead atoms. The lowest BCUT2D eigenvalue weighted by atomic mass is 9.57. The molecule has 0 amide bonds. The van der Waals surface area contributed by atoms with E-state index >= 15 is 0 Å². The number of rotatable bonds is 2. The molecule has 2 aliphatic rings. The van der Waals surface area contributed by atoms with Crippen LogP contribution in [0.25, 0.3) is 0 Å². The normalized spacial score (nSPS) is 30.2. The Bertz CT molecular complexity index is 208. The van der Waals surface area contributed by atoms with Crippen molar-refractivity contribution in [2.75, 3.05) is 6.54 Å². The van der Waals surface area contributed by atoms with Crippen LogP contribution in [0, 0.1) is 10.8 Å². The van der Waals surface area contributed by atoms with Gasteiger partial charge in [-0.1, -0.05) is 40.0 Å². The Morgan fingerprint density at radius 1 is 1.07 bits per heavy atom. The second-order valence-electron chi connectivity index (χ2n) is 6.96. The second-order valence-corrected chi connectivity index (χ2v) is 6.96. The van der Waals surface area contributed by atoms with Gasteiger partial charge >= 0.3 is 0 Å². The van der Waals surface area contributed by atoms with Crippen LogP contribution >= 0.6 is 0 Å². The van der Waals surface area contributed by atoms with Crippen LogP contribution in [0.4, 0.5) is 0 Å². The van der Waals surface area contributed by atoms with Crippen LogP contribution < -0.4 is 5.32 Å². The molecule has 0 aliphatic heterocycles. The van der Waals surface area contributed by atoms with E-state index in [1.165, 1.54) is 51.5 Å². The molecule has 0 aromatic rings. The van der Waals surface area contributed by atoms with Crippen molar-refractivity contribution in [3.05, 3.63) is 0 Å². The van der Waals surface area contributed by atoms with E-state index in [0.717, 1.165) is 11.5 Å². The highest BCUT2D eigenvalue weighted by molar-refractivity contribution is 5.01. The van der Waals surface area contributed by atoms with Crippen LogP contribution in [-0.2, 0) is 0 Å². The quantitative estimate of drug-likeness (QED) is 0.730. The Balaban J connectivity index is 1.83. The highest BCUT2D eigenvalue weighted by Crippen LogP contribution is 2.51. The summed E-state index contributed by atoms with van der Waals surface area (Å²) in [5.74, 6) is 0. The average Bonchev–Trinajstić information content (AvgIpc) is 2.16. The Kier molecular flexibility index (Phi) is 3.12. The average molecular weight is 209 g/mol. The van der Waals surface area contributed by atoms with Crippen molar-refractivity contribution in [1.29, 1.82) is 0 Å². The molecule has 0 saturated heterocycles. The molecule has 0 radical (unpaired) electrons. The van der Waals surface area contributed by atoms with Gasteiger partial charge in [-0.25, -0.2) is 0 Å². The van der Waals surface area contributed by atoms with Crippen LogP contribution in [0.5, 0.6) is 0 Å². The molecule has 1 N–H and O–H groups in total. The lowest BCUT2D eigenvalue weighted by Gasteiger charge is -2.53. The van der Waals surface area contributed by atoms with Crippen molar-refractivity contribution < 1.29 is 0 Å². The maximum atomic E-state index is 3.82. The van der Waals surface area contributed by atoms with E-state index in [0.29, 0.717) is 5.41 Å². The molecule has 2 rings (SSSR count). The Morgan fingerprint density at radius 2 is 1.73 bits per heavy atom. The Hall–Kier alpha value is -0.0400. The predicted molar refractivity (Wildman–Crippen MR) is 66.0 cm³/mol. The maximum absolute atomic E-state index is 3.82. The summed E-state index contributed by atoms with van der Waals surface area (Å²) in [6.45, 7) is 8.16. The number of hydrogen-bond acceptors (Lipinski definition) is 1. The fourth-order valence-electron chi connectivity index (χ4n) is 3.30. The molecule has 2 aliphatic carbocycles. The third-order valence-electron chi connectivity index (χ3n) is 4.40. The third-order valence-corrected chi connectivity index (χ3v) is 4.40. The Labute approximate surface area is 95.0 Å².